The summed E-state index contributed by atoms with van der Waals surface area (Å²) in [5.41, 5.74) is 4.82. The van der Waals surface area contributed by atoms with Crippen LogP contribution in [0.3, 0.4) is 0 Å². The minimum atomic E-state index is -0.756. The minimum absolute atomic E-state index is 0.0496. The number of benzene rings is 2. The Bertz CT molecular complexity index is 1270. The maximum Gasteiger partial charge on any atom is 0.320 e. The standard InChI is InChI=1S/C34H45FN4O2/c1-4-39-32(21-30(37-39)18-24-10-12-28(35)13-11-24)26-14-16-38(17-15-26)22-27-19-29(36-33(23(2)3)34(40)41)20-31(27)25-8-6-5-7-9-25/h5-13,21,23,26-27,29,31,33,36H,4,14-20,22H2,1-3H3,(H,40,41)/t27-,29?,31-,33?/m1/s1. The number of nitrogens with zero attached hydrogens (tertiary/aromatic N) is 3. The van der Waals surface area contributed by atoms with Crippen LogP contribution in [0.25, 0.3) is 0 Å². The number of piperidine rings is 1. The second-order valence-electron chi connectivity index (χ2n) is 12.4. The molecule has 1 saturated heterocycles. The molecule has 4 atom stereocenters. The highest BCUT2D eigenvalue weighted by molar-refractivity contribution is 5.73. The summed E-state index contributed by atoms with van der Waals surface area (Å²) in [6, 6.07) is 19.5. The van der Waals surface area contributed by atoms with E-state index in [1.165, 1.54) is 23.4 Å². The van der Waals surface area contributed by atoms with Crippen molar-refractivity contribution in [1.82, 2.24) is 20.0 Å². The van der Waals surface area contributed by atoms with Crippen LogP contribution in [-0.4, -0.2) is 57.5 Å². The summed E-state index contributed by atoms with van der Waals surface area (Å²) in [7, 11) is 0. The van der Waals surface area contributed by atoms with Crippen LogP contribution in [0.15, 0.2) is 60.7 Å². The largest absolute Gasteiger partial charge is 0.480 e. The number of carbonyl (C=O) groups is 1. The van der Waals surface area contributed by atoms with Gasteiger partial charge in [-0.1, -0.05) is 56.3 Å². The third-order valence-electron chi connectivity index (χ3n) is 9.23. The van der Waals surface area contributed by atoms with E-state index in [1.807, 2.05) is 26.0 Å². The van der Waals surface area contributed by atoms with Crippen molar-refractivity contribution in [3.63, 3.8) is 0 Å². The normalized spacial score (nSPS) is 22.8. The number of nitrogens with one attached hydrogen (secondary N) is 1. The van der Waals surface area contributed by atoms with Gasteiger partial charge in [-0.2, -0.15) is 5.10 Å². The summed E-state index contributed by atoms with van der Waals surface area (Å²) in [6.45, 7) is 10.1. The average molecular weight is 561 g/mol. The van der Waals surface area contributed by atoms with Gasteiger partial charge in [0, 0.05) is 37.2 Å². The molecule has 220 valence electrons. The Hall–Kier alpha value is -3.03. The number of hydrogen-bond acceptors (Lipinski definition) is 4. The summed E-state index contributed by atoms with van der Waals surface area (Å²) in [6.07, 6.45) is 4.93. The molecule has 7 heteroatoms. The molecule has 2 aromatic carbocycles. The fourth-order valence-corrected chi connectivity index (χ4v) is 7.08. The van der Waals surface area contributed by atoms with Crippen molar-refractivity contribution in [2.24, 2.45) is 11.8 Å². The molecule has 5 rings (SSSR count). The summed E-state index contributed by atoms with van der Waals surface area (Å²) in [5.74, 6) is 0.508. The Morgan fingerprint density at radius 2 is 1.78 bits per heavy atom. The zero-order valence-corrected chi connectivity index (χ0v) is 24.7. The van der Waals surface area contributed by atoms with Gasteiger partial charge < -0.3 is 15.3 Å². The molecule has 6 nitrogen and oxygen atoms in total. The average Bonchev–Trinajstić information content (AvgIpc) is 3.57. The molecule has 0 bridgehead atoms. The lowest BCUT2D eigenvalue weighted by molar-refractivity contribution is -0.140. The van der Waals surface area contributed by atoms with Crippen LogP contribution >= 0.6 is 0 Å². The van der Waals surface area contributed by atoms with Gasteiger partial charge in [-0.3, -0.25) is 9.48 Å². The van der Waals surface area contributed by atoms with Gasteiger partial charge >= 0.3 is 5.97 Å². The first-order valence-electron chi connectivity index (χ1n) is 15.4. The Morgan fingerprint density at radius 3 is 2.41 bits per heavy atom. The number of carboxylic acid groups (broad SMARTS) is 1. The highest BCUT2D eigenvalue weighted by atomic mass is 19.1. The van der Waals surface area contributed by atoms with Crippen molar-refractivity contribution in [2.45, 2.75) is 83.3 Å². The van der Waals surface area contributed by atoms with Crippen LogP contribution in [0.4, 0.5) is 4.39 Å². The third kappa shape index (κ3) is 7.25. The Labute approximate surface area is 244 Å². The number of carboxylic acids is 1. The fourth-order valence-electron chi connectivity index (χ4n) is 7.08. The molecule has 2 unspecified atom stereocenters. The first kappa shape index (κ1) is 29.5. The molecule has 2 heterocycles. The molecule has 0 spiro atoms. The van der Waals surface area contributed by atoms with Crippen molar-refractivity contribution in [1.29, 1.82) is 0 Å². The van der Waals surface area contributed by atoms with Gasteiger partial charge in [0.1, 0.15) is 11.9 Å². The number of halogens is 1. The molecule has 2 aliphatic rings. The maximum absolute atomic E-state index is 13.3. The van der Waals surface area contributed by atoms with Gasteiger partial charge in [0.05, 0.1) is 5.69 Å². The number of hydrogen-bond donors (Lipinski definition) is 2. The lowest BCUT2D eigenvalue weighted by Crippen LogP contribution is -2.46. The van der Waals surface area contributed by atoms with Gasteiger partial charge in [0.2, 0.25) is 0 Å². The van der Waals surface area contributed by atoms with Crippen molar-refractivity contribution >= 4 is 5.97 Å². The molecule has 3 aromatic rings. The highest BCUT2D eigenvalue weighted by Crippen LogP contribution is 2.41. The lowest BCUT2D eigenvalue weighted by atomic mass is 9.87. The van der Waals surface area contributed by atoms with E-state index in [1.54, 1.807) is 0 Å². The van der Waals surface area contributed by atoms with Gasteiger partial charge in [0.15, 0.2) is 0 Å². The topological polar surface area (TPSA) is 70.4 Å². The predicted octanol–water partition coefficient (Wildman–Crippen LogP) is 6.07. The molecule has 2 fully saturated rings. The zero-order chi connectivity index (χ0) is 28.9. The van der Waals surface area contributed by atoms with Crippen LogP contribution in [0.1, 0.15) is 80.8 Å². The quantitative estimate of drug-likeness (QED) is 0.298. The molecule has 1 saturated carbocycles. The predicted molar refractivity (Wildman–Crippen MR) is 161 cm³/mol. The van der Waals surface area contributed by atoms with Crippen LogP contribution in [0.2, 0.25) is 0 Å². The smallest absolute Gasteiger partial charge is 0.320 e. The van der Waals surface area contributed by atoms with E-state index in [4.69, 9.17) is 5.10 Å². The molecule has 1 aromatic heterocycles. The molecule has 1 aliphatic heterocycles. The fraction of sp³-hybridized carbons (Fsp3) is 0.529. The van der Waals surface area contributed by atoms with E-state index >= 15 is 0 Å². The minimum Gasteiger partial charge on any atom is -0.480 e. The van der Waals surface area contributed by atoms with E-state index < -0.39 is 12.0 Å². The van der Waals surface area contributed by atoms with Crippen LogP contribution in [0, 0.1) is 17.7 Å². The summed E-state index contributed by atoms with van der Waals surface area (Å²) in [4.78, 5) is 14.5. The van der Waals surface area contributed by atoms with E-state index in [-0.39, 0.29) is 17.8 Å². The molecule has 41 heavy (non-hydrogen) atoms. The second kappa shape index (κ2) is 13.3. The van der Waals surface area contributed by atoms with Crippen molar-refractivity contribution in [3.8, 4) is 0 Å². The van der Waals surface area contributed by atoms with E-state index in [0.29, 0.717) is 17.8 Å². The number of aryl methyl sites for hydroxylation is 1. The van der Waals surface area contributed by atoms with Crippen LogP contribution in [0.5, 0.6) is 0 Å². The lowest BCUT2D eigenvalue weighted by Gasteiger charge is -2.35. The Morgan fingerprint density at radius 1 is 1.07 bits per heavy atom. The second-order valence-corrected chi connectivity index (χ2v) is 12.4. The van der Waals surface area contributed by atoms with E-state index in [9.17, 15) is 14.3 Å². The zero-order valence-electron chi connectivity index (χ0n) is 24.7. The molecule has 0 radical (unpaired) electrons. The molecule has 2 N–H and O–H groups in total. The summed E-state index contributed by atoms with van der Waals surface area (Å²) >= 11 is 0. The molecular formula is C34H45FN4O2. The maximum atomic E-state index is 13.3. The molecular weight excluding hydrogens is 515 g/mol. The first-order valence-corrected chi connectivity index (χ1v) is 15.4. The number of rotatable bonds is 11. The Kier molecular flexibility index (Phi) is 9.56. The Balaban J connectivity index is 1.22. The molecule has 1 aliphatic carbocycles. The van der Waals surface area contributed by atoms with E-state index in [2.05, 4.69) is 58.2 Å². The van der Waals surface area contributed by atoms with Gasteiger partial charge in [-0.05, 0) is 92.8 Å². The number of aromatic nitrogens is 2. The van der Waals surface area contributed by atoms with Crippen LogP contribution < -0.4 is 5.32 Å². The van der Waals surface area contributed by atoms with Crippen molar-refractivity contribution < 1.29 is 14.3 Å². The van der Waals surface area contributed by atoms with Crippen molar-refractivity contribution in [3.05, 3.63) is 89.0 Å². The van der Waals surface area contributed by atoms with E-state index in [0.717, 1.165) is 69.5 Å². The first-order chi connectivity index (χ1) is 19.8. The summed E-state index contributed by atoms with van der Waals surface area (Å²) in [5, 5.41) is 18.1. The SMILES string of the molecule is CCn1nc(Cc2ccc(F)cc2)cc1C1CCN(C[C@H]2CC(NC(C(=O)O)C(C)C)C[C@@H]2c2ccccc2)CC1. The van der Waals surface area contributed by atoms with Gasteiger partial charge in [-0.15, -0.1) is 0 Å². The van der Waals surface area contributed by atoms with Crippen LogP contribution in [-0.2, 0) is 17.8 Å². The number of aliphatic carboxylic acids is 1. The third-order valence-corrected chi connectivity index (χ3v) is 9.23. The summed E-state index contributed by atoms with van der Waals surface area (Å²) < 4.78 is 15.5. The highest BCUT2D eigenvalue weighted by Gasteiger charge is 2.39. The van der Waals surface area contributed by atoms with Gasteiger partial charge in [-0.25, -0.2) is 4.39 Å². The van der Waals surface area contributed by atoms with Crippen molar-refractivity contribution in [2.75, 3.05) is 19.6 Å². The monoisotopic (exact) mass is 560 g/mol. The number of likely N-dealkylation sites (tertiary alicyclic amines) is 1. The van der Waals surface area contributed by atoms with Gasteiger partial charge in [0.25, 0.3) is 0 Å². The molecule has 0 amide bonds.